The minimum Gasteiger partial charge on any atom is -0.496 e. The summed E-state index contributed by atoms with van der Waals surface area (Å²) >= 11 is 1.25. The molecule has 156 valence electrons. The Bertz CT molecular complexity index is 1190. The van der Waals surface area contributed by atoms with Gasteiger partial charge in [-0.2, -0.15) is 0 Å². The molecule has 0 spiro atoms. The fourth-order valence-electron chi connectivity index (χ4n) is 3.07. The maximum atomic E-state index is 13.1. The highest BCUT2D eigenvalue weighted by Crippen LogP contribution is 2.32. The van der Waals surface area contributed by atoms with Gasteiger partial charge in [0.05, 0.1) is 14.2 Å². The van der Waals surface area contributed by atoms with Gasteiger partial charge in [0.1, 0.15) is 27.9 Å². The van der Waals surface area contributed by atoms with Crippen LogP contribution in [0.25, 0.3) is 21.7 Å². The Labute approximate surface area is 182 Å². The molecule has 0 aliphatic rings. The largest absolute Gasteiger partial charge is 0.496 e. The van der Waals surface area contributed by atoms with Gasteiger partial charge in [-0.25, -0.2) is 4.39 Å². The maximum Gasteiger partial charge on any atom is 0.265 e. The van der Waals surface area contributed by atoms with E-state index in [4.69, 9.17) is 9.47 Å². The molecule has 0 unspecified atom stereocenters. The molecule has 0 saturated carbocycles. The number of methoxy groups -OCH3 is 2. The number of amides is 1. The highest BCUT2D eigenvalue weighted by molar-refractivity contribution is 7.18. The molecular formula is C23H18FN3O3S. The van der Waals surface area contributed by atoms with E-state index in [1.165, 1.54) is 37.7 Å². The molecule has 8 heteroatoms. The van der Waals surface area contributed by atoms with Crippen LogP contribution in [0.5, 0.6) is 11.5 Å². The van der Waals surface area contributed by atoms with E-state index in [0.717, 1.165) is 16.7 Å². The second-order valence-electron chi connectivity index (χ2n) is 6.49. The van der Waals surface area contributed by atoms with Crippen LogP contribution < -0.4 is 14.8 Å². The summed E-state index contributed by atoms with van der Waals surface area (Å²) in [4.78, 5) is 12.8. The Morgan fingerprint density at radius 3 is 1.97 bits per heavy atom. The summed E-state index contributed by atoms with van der Waals surface area (Å²) in [6, 6.07) is 19.1. The molecule has 0 saturated heterocycles. The number of rotatable bonds is 6. The number of nitrogens with one attached hydrogen (secondary N) is 1. The molecule has 1 heterocycles. The summed E-state index contributed by atoms with van der Waals surface area (Å²) in [5.41, 5.74) is 3.03. The summed E-state index contributed by atoms with van der Waals surface area (Å²) in [5, 5.41) is 12.0. The number of nitrogens with zero attached hydrogens (tertiary/aromatic N) is 2. The zero-order valence-electron chi connectivity index (χ0n) is 16.8. The van der Waals surface area contributed by atoms with Crippen LogP contribution in [-0.4, -0.2) is 30.3 Å². The van der Waals surface area contributed by atoms with Gasteiger partial charge < -0.3 is 9.47 Å². The molecular weight excluding hydrogens is 417 g/mol. The monoisotopic (exact) mass is 435 g/mol. The van der Waals surface area contributed by atoms with Crippen molar-refractivity contribution < 1.29 is 18.7 Å². The molecule has 0 aliphatic heterocycles. The number of hydrogen-bond donors (Lipinski definition) is 1. The topological polar surface area (TPSA) is 73.3 Å². The molecule has 4 aromatic rings. The lowest BCUT2D eigenvalue weighted by Crippen LogP contribution is -2.14. The van der Waals surface area contributed by atoms with E-state index < -0.39 is 5.91 Å². The number of aromatic nitrogens is 2. The van der Waals surface area contributed by atoms with E-state index in [2.05, 4.69) is 15.5 Å². The first kappa shape index (κ1) is 20.5. The summed E-state index contributed by atoms with van der Waals surface area (Å²) in [5.74, 6) is 0.133. The third-order valence-corrected chi connectivity index (χ3v) is 5.50. The van der Waals surface area contributed by atoms with E-state index in [9.17, 15) is 9.18 Å². The Kier molecular flexibility index (Phi) is 5.90. The predicted molar refractivity (Wildman–Crippen MR) is 118 cm³/mol. The van der Waals surface area contributed by atoms with Crippen molar-refractivity contribution in [3.8, 4) is 33.2 Å². The van der Waals surface area contributed by atoms with Gasteiger partial charge in [-0.3, -0.25) is 10.1 Å². The van der Waals surface area contributed by atoms with Crippen LogP contribution >= 0.6 is 11.3 Å². The molecule has 6 nitrogen and oxygen atoms in total. The van der Waals surface area contributed by atoms with Crippen molar-refractivity contribution in [1.82, 2.24) is 10.2 Å². The van der Waals surface area contributed by atoms with E-state index in [1.807, 2.05) is 24.3 Å². The van der Waals surface area contributed by atoms with Gasteiger partial charge in [0.25, 0.3) is 5.91 Å². The van der Waals surface area contributed by atoms with Crippen LogP contribution in [0.2, 0.25) is 0 Å². The van der Waals surface area contributed by atoms with Crippen molar-refractivity contribution in [3.63, 3.8) is 0 Å². The van der Waals surface area contributed by atoms with Crippen LogP contribution in [0.15, 0.2) is 66.7 Å². The van der Waals surface area contributed by atoms with Crippen LogP contribution in [0.1, 0.15) is 10.4 Å². The van der Waals surface area contributed by atoms with E-state index >= 15 is 0 Å². The first-order valence-electron chi connectivity index (χ1n) is 9.31. The minimum atomic E-state index is -0.399. The zero-order chi connectivity index (χ0) is 21.8. The quantitative estimate of drug-likeness (QED) is 0.446. The molecule has 1 N–H and O–H groups in total. The second kappa shape index (κ2) is 8.93. The van der Waals surface area contributed by atoms with Crippen molar-refractivity contribution in [2.75, 3.05) is 19.5 Å². The van der Waals surface area contributed by atoms with Gasteiger partial charge in [-0.15, -0.1) is 10.2 Å². The fourth-order valence-corrected chi connectivity index (χ4v) is 3.82. The number of carbonyl (C=O) groups is 1. The number of ether oxygens (including phenoxy) is 2. The fraction of sp³-hybridized carbons (Fsp3) is 0.0870. The first-order valence-corrected chi connectivity index (χ1v) is 10.1. The van der Waals surface area contributed by atoms with Crippen molar-refractivity contribution in [3.05, 3.63) is 78.1 Å². The molecule has 4 rings (SSSR count). The average Bonchev–Trinajstić information content (AvgIpc) is 3.27. The van der Waals surface area contributed by atoms with E-state index in [1.54, 1.807) is 30.3 Å². The van der Waals surface area contributed by atoms with Crippen LogP contribution in [0.4, 0.5) is 9.52 Å². The summed E-state index contributed by atoms with van der Waals surface area (Å²) in [6.45, 7) is 0. The van der Waals surface area contributed by atoms with Gasteiger partial charge in [0.15, 0.2) is 0 Å². The van der Waals surface area contributed by atoms with Gasteiger partial charge in [0.2, 0.25) is 5.13 Å². The zero-order valence-corrected chi connectivity index (χ0v) is 17.6. The maximum absolute atomic E-state index is 13.1. The van der Waals surface area contributed by atoms with Crippen LogP contribution in [0, 0.1) is 5.82 Å². The summed E-state index contributed by atoms with van der Waals surface area (Å²) < 4.78 is 23.7. The molecule has 1 amide bonds. The molecule has 31 heavy (non-hydrogen) atoms. The van der Waals surface area contributed by atoms with Gasteiger partial charge in [0, 0.05) is 5.56 Å². The molecule has 1 aromatic heterocycles. The Morgan fingerprint density at radius 2 is 1.39 bits per heavy atom. The molecule has 0 fully saturated rings. The van der Waals surface area contributed by atoms with Crippen molar-refractivity contribution in [1.29, 1.82) is 0 Å². The van der Waals surface area contributed by atoms with Crippen molar-refractivity contribution >= 4 is 22.4 Å². The SMILES string of the molecule is COc1cccc(OC)c1C(=O)Nc1nnc(-c2ccc(-c3ccc(F)cc3)cc2)s1. The summed E-state index contributed by atoms with van der Waals surface area (Å²) in [7, 11) is 2.98. The Balaban J connectivity index is 1.52. The predicted octanol–water partition coefficient (Wildman–Crippen LogP) is 5.28. The molecule has 0 aliphatic carbocycles. The third kappa shape index (κ3) is 4.39. The highest BCUT2D eigenvalue weighted by atomic mass is 32.1. The van der Waals surface area contributed by atoms with E-state index in [-0.39, 0.29) is 11.4 Å². The lowest BCUT2D eigenvalue weighted by atomic mass is 10.0. The number of carbonyl (C=O) groups excluding carboxylic acids is 1. The smallest absolute Gasteiger partial charge is 0.265 e. The standard InChI is InChI=1S/C23H18FN3O3S/c1-29-18-4-3-5-19(30-2)20(18)21(28)25-23-27-26-22(31-23)16-8-6-14(7-9-16)15-10-12-17(24)13-11-15/h3-13H,1-2H3,(H,25,27,28). The first-order chi connectivity index (χ1) is 15.1. The van der Waals surface area contributed by atoms with E-state index in [0.29, 0.717) is 21.6 Å². The lowest BCUT2D eigenvalue weighted by Gasteiger charge is -2.11. The molecule has 0 radical (unpaired) electrons. The number of anilines is 1. The number of benzene rings is 3. The number of halogens is 1. The third-order valence-electron chi connectivity index (χ3n) is 4.61. The highest BCUT2D eigenvalue weighted by Gasteiger charge is 2.20. The number of hydrogen-bond acceptors (Lipinski definition) is 6. The van der Waals surface area contributed by atoms with Crippen molar-refractivity contribution in [2.45, 2.75) is 0 Å². The van der Waals surface area contributed by atoms with Gasteiger partial charge in [-0.1, -0.05) is 53.8 Å². The van der Waals surface area contributed by atoms with Gasteiger partial charge >= 0.3 is 0 Å². The lowest BCUT2D eigenvalue weighted by molar-refractivity contribution is 0.102. The van der Waals surface area contributed by atoms with Crippen LogP contribution in [-0.2, 0) is 0 Å². The van der Waals surface area contributed by atoms with Crippen LogP contribution in [0.3, 0.4) is 0 Å². The molecule has 3 aromatic carbocycles. The Hall–Kier alpha value is -3.78. The van der Waals surface area contributed by atoms with Gasteiger partial charge in [-0.05, 0) is 35.4 Å². The molecule has 0 atom stereocenters. The Morgan fingerprint density at radius 1 is 0.839 bits per heavy atom. The van der Waals surface area contributed by atoms with Crippen molar-refractivity contribution in [2.24, 2.45) is 0 Å². The normalized spacial score (nSPS) is 10.5. The second-order valence-corrected chi connectivity index (χ2v) is 7.47. The molecule has 0 bridgehead atoms. The average molecular weight is 435 g/mol. The summed E-state index contributed by atoms with van der Waals surface area (Å²) in [6.07, 6.45) is 0. The minimum absolute atomic E-state index is 0.269.